The number of hydrogen-bond donors (Lipinski definition) is 2. The minimum atomic E-state index is 0.0795. The average Bonchev–Trinajstić information content (AvgIpc) is 2.51. The van der Waals surface area contributed by atoms with E-state index in [4.69, 9.17) is 0 Å². The first-order chi connectivity index (χ1) is 10.3. The van der Waals surface area contributed by atoms with Crippen LogP contribution in [0.5, 0.6) is 0 Å². The highest BCUT2D eigenvalue weighted by atomic mass is 16.1. The number of fused-ring (bicyclic) bond motifs is 1. The molecular weight excluding hydrogens is 260 g/mol. The second-order valence-corrected chi connectivity index (χ2v) is 5.97. The van der Waals surface area contributed by atoms with Gasteiger partial charge in [-0.25, -0.2) is 0 Å². The van der Waals surface area contributed by atoms with E-state index < -0.39 is 0 Å². The summed E-state index contributed by atoms with van der Waals surface area (Å²) in [5.41, 5.74) is 3.29. The van der Waals surface area contributed by atoms with E-state index in [1.807, 2.05) is 7.05 Å². The molecule has 1 aromatic carbocycles. The van der Waals surface area contributed by atoms with Crippen molar-refractivity contribution in [3.8, 4) is 0 Å². The minimum Gasteiger partial charge on any atom is -0.352 e. The summed E-state index contributed by atoms with van der Waals surface area (Å²) in [6.07, 6.45) is 8.59. The van der Waals surface area contributed by atoms with Crippen LogP contribution in [0.3, 0.4) is 0 Å². The Morgan fingerprint density at radius 3 is 2.81 bits per heavy atom. The Kier molecular flexibility index (Phi) is 6.24. The van der Waals surface area contributed by atoms with Crippen molar-refractivity contribution >= 4 is 5.91 Å². The van der Waals surface area contributed by atoms with Crippen molar-refractivity contribution in [3.63, 3.8) is 0 Å². The number of carbonyl (C=O) groups is 1. The number of hydrogen-bond acceptors (Lipinski definition) is 2. The molecule has 0 aliphatic carbocycles. The lowest BCUT2D eigenvalue weighted by molar-refractivity contribution is 0.0946. The predicted molar refractivity (Wildman–Crippen MR) is 87.7 cm³/mol. The lowest BCUT2D eigenvalue weighted by Gasteiger charge is -2.21. The number of nitrogens with one attached hydrogen (secondary N) is 2. The van der Waals surface area contributed by atoms with Gasteiger partial charge in [-0.1, -0.05) is 51.2 Å². The first-order valence-corrected chi connectivity index (χ1v) is 8.34. The Morgan fingerprint density at radius 2 is 2.05 bits per heavy atom. The molecule has 0 radical (unpaired) electrons. The highest BCUT2D eigenvalue weighted by Crippen LogP contribution is 2.24. The molecule has 1 aromatic rings. The van der Waals surface area contributed by atoms with Crippen LogP contribution in [0, 0.1) is 0 Å². The standard InChI is InChI=1S/C18H28N2O/c1-3-4-5-6-7-8-17(19-2)15-10-9-14-11-12-20-18(21)16(14)13-15/h9-10,13,17,19H,3-8,11-12H2,1-2H3,(H,20,21). The molecule has 1 aliphatic rings. The Balaban J connectivity index is 1.98. The van der Waals surface area contributed by atoms with Crippen LogP contribution in [0.25, 0.3) is 0 Å². The third kappa shape index (κ3) is 4.31. The summed E-state index contributed by atoms with van der Waals surface area (Å²) >= 11 is 0. The monoisotopic (exact) mass is 288 g/mol. The van der Waals surface area contributed by atoms with E-state index in [0.29, 0.717) is 6.04 Å². The second-order valence-electron chi connectivity index (χ2n) is 5.97. The molecule has 1 unspecified atom stereocenters. The highest BCUT2D eigenvalue weighted by molar-refractivity contribution is 5.96. The van der Waals surface area contributed by atoms with E-state index in [1.54, 1.807) is 0 Å². The van der Waals surface area contributed by atoms with Crippen LogP contribution in [0.4, 0.5) is 0 Å². The van der Waals surface area contributed by atoms with Crippen LogP contribution in [-0.4, -0.2) is 19.5 Å². The molecule has 1 atom stereocenters. The van der Waals surface area contributed by atoms with Gasteiger partial charge in [0.15, 0.2) is 0 Å². The molecule has 116 valence electrons. The fourth-order valence-electron chi connectivity index (χ4n) is 3.08. The van der Waals surface area contributed by atoms with Crippen molar-refractivity contribution < 1.29 is 4.79 Å². The Labute approximate surface area is 128 Å². The molecule has 0 saturated heterocycles. The van der Waals surface area contributed by atoms with Gasteiger partial charge < -0.3 is 10.6 Å². The van der Waals surface area contributed by atoms with Crippen molar-refractivity contribution in [2.45, 2.75) is 57.9 Å². The van der Waals surface area contributed by atoms with Crippen LogP contribution in [0.15, 0.2) is 18.2 Å². The van der Waals surface area contributed by atoms with Crippen LogP contribution in [0.2, 0.25) is 0 Å². The molecule has 1 heterocycles. The summed E-state index contributed by atoms with van der Waals surface area (Å²) in [6, 6.07) is 6.75. The zero-order valence-corrected chi connectivity index (χ0v) is 13.4. The van der Waals surface area contributed by atoms with Gasteiger partial charge in [-0.3, -0.25) is 4.79 Å². The Morgan fingerprint density at radius 1 is 1.24 bits per heavy atom. The molecule has 21 heavy (non-hydrogen) atoms. The zero-order chi connectivity index (χ0) is 15.1. The van der Waals surface area contributed by atoms with Gasteiger partial charge in [0.1, 0.15) is 0 Å². The third-order valence-electron chi connectivity index (χ3n) is 4.41. The lowest BCUT2D eigenvalue weighted by Crippen LogP contribution is -2.32. The molecule has 0 spiro atoms. The molecule has 0 aromatic heterocycles. The molecule has 2 rings (SSSR count). The summed E-state index contributed by atoms with van der Waals surface area (Å²) < 4.78 is 0. The first-order valence-electron chi connectivity index (χ1n) is 8.34. The normalized spacial score (nSPS) is 15.4. The first kappa shape index (κ1) is 16.0. The molecule has 3 heteroatoms. The van der Waals surface area contributed by atoms with Crippen LogP contribution < -0.4 is 10.6 Å². The molecule has 0 bridgehead atoms. The summed E-state index contributed by atoms with van der Waals surface area (Å²) in [6.45, 7) is 3.01. The number of benzene rings is 1. The van der Waals surface area contributed by atoms with Gasteiger partial charge in [0.2, 0.25) is 0 Å². The highest BCUT2D eigenvalue weighted by Gasteiger charge is 2.18. The molecule has 3 nitrogen and oxygen atoms in total. The number of unbranched alkanes of at least 4 members (excludes halogenated alkanes) is 4. The summed E-state index contributed by atoms with van der Waals surface area (Å²) in [4.78, 5) is 11.9. The average molecular weight is 288 g/mol. The van der Waals surface area contributed by atoms with Crippen molar-refractivity contribution in [3.05, 3.63) is 34.9 Å². The van der Waals surface area contributed by atoms with Gasteiger partial charge >= 0.3 is 0 Å². The number of carbonyl (C=O) groups excluding carboxylic acids is 1. The van der Waals surface area contributed by atoms with E-state index in [-0.39, 0.29) is 5.91 Å². The van der Waals surface area contributed by atoms with E-state index in [2.05, 4.69) is 35.8 Å². The minimum absolute atomic E-state index is 0.0795. The maximum absolute atomic E-state index is 11.9. The van der Waals surface area contributed by atoms with E-state index in [0.717, 1.165) is 24.9 Å². The molecule has 0 fully saturated rings. The summed E-state index contributed by atoms with van der Waals surface area (Å²) in [5.74, 6) is 0.0795. The van der Waals surface area contributed by atoms with E-state index in [1.165, 1.54) is 43.2 Å². The van der Waals surface area contributed by atoms with Gasteiger partial charge in [0.25, 0.3) is 5.91 Å². The molecule has 0 saturated carbocycles. The molecule has 2 N–H and O–H groups in total. The second kappa shape index (κ2) is 8.18. The van der Waals surface area contributed by atoms with Gasteiger partial charge in [-0.05, 0) is 37.1 Å². The largest absolute Gasteiger partial charge is 0.352 e. The van der Waals surface area contributed by atoms with E-state index in [9.17, 15) is 4.79 Å². The molecule has 1 aliphatic heterocycles. The third-order valence-corrected chi connectivity index (χ3v) is 4.41. The van der Waals surface area contributed by atoms with Gasteiger partial charge in [0, 0.05) is 18.2 Å². The number of amides is 1. The molecular formula is C18H28N2O. The Hall–Kier alpha value is -1.35. The fourth-order valence-corrected chi connectivity index (χ4v) is 3.08. The lowest BCUT2D eigenvalue weighted by atomic mass is 9.93. The number of rotatable bonds is 8. The smallest absolute Gasteiger partial charge is 0.251 e. The van der Waals surface area contributed by atoms with Crippen LogP contribution in [-0.2, 0) is 6.42 Å². The van der Waals surface area contributed by atoms with E-state index >= 15 is 0 Å². The maximum atomic E-state index is 11.9. The van der Waals surface area contributed by atoms with Crippen molar-refractivity contribution in [2.24, 2.45) is 0 Å². The quantitative estimate of drug-likeness (QED) is 0.718. The van der Waals surface area contributed by atoms with Crippen molar-refractivity contribution in [2.75, 3.05) is 13.6 Å². The van der Waals surface area contributed by atoms with Gasteiger partial charge in [-0.2, -0.15) is 0 Å². The molecule has 1 amide bonds. The van der Waals surface area contributed by atoms with Crippen LogP contribution in [0.1, 0.15) is 73.0 Å². The summed E-state index contributed by atoms with van der Waals surface area (Å²) in [5, 5.41) is 6.33. The van der Waals surface area contributed by atoms with Crippen molar-refractivity contribution in [1.82, 2.24) is 10.6 Å². The predicted octanol–water partition coefficient (Wildman–Crippen LogP) is 3.59. The van der Waals surface area contributed by atoms with Crippen molar-refractivity contribution in [1.29, 1.82) is 0 Å². The SMILES string of the molecule is CCCCCCCC(NC)c1ccc2c(c1)C(=O)NCC2. The summed E-state index contributed by atoms with van der Waals surface area (Å²) in [7, 11) is 2.01. The van der Waals surface area contributed by atoms with Crippen LogP contribution >= 0.6 is 0 Å². The fraction of sp³-hybridized carbons (Fsp3) is 0.611. The van der Waals surface area contributed by atoms with Gasteiger partial charge in [0.05, 0.1) is 0 Å². The maximum Gasteiger partial charge on any atom is 0.251 e. The van der Waals surface area contributed by atoms with Gasteiger partial charge in [-0.15, -0.1) is 0 Å². The topological polar surface area (TPSA) is 41.1 Å². The zero-order valence-electron chi connectivity index (χ0n) is 13.4. The Bertz CT molecular complexity index is 470.